The molecule has 4 nitrogen and oxygen atoms in total. The molecular weight excluding hydrogens is 255 g/mol. The van der Waals surface area contributed by atoms with E-state index in [-0.39, 0.29) is 11.4 Å². The van der Waals surface area contributed by atoms with Gasteiger partial charge >= 0.3 is 5.97 Å². The van der Waals surface area contributed by atoms with Crippen LogP contribution in [0.25, 0.3) is 0 Å². The van der Waals surface area contributed by atoms with Crippen molar-refractivity contribution in [1.29, 1.82) is 0 Å². The van der Waals surface area contributed by atoms with Crippen LogP contribution in [0.2, 0.25) is 0 Å². The van der Waals surface area contributed by atoms with E-state index in [1.807, 2.05) is 17.7 Å². The van der Waals surface area contributed by atoms with Crippen molar-refractivity contribution in [3.05, 3.63) is 45.5 Å². The molecule has 2 heterocycles. The molecular formula is C12H11FN2O2S. The lowest BCUT2D eigenvalue weighted by Crippen LogP contribution is -2.08. The van der Waals surface area contributed by atoms with Gasteiger partial charge in [0, 0.05) is 12.7 Å². The number of thiophene rings is 1. The first-order chi connectivity index (χ1) is 8.59. The quantitative estimate of drug-likeness (QED) is 0.893. The molecule has 0 aromatic carbocycles. The van der Waals surface area contributed by atoms with E-state index in [0.717, 1.165) is 17.2 Å². The minimum absolute atomic E-state index is 0.0412. The molecule has 0 amide bonds. The minimum Gasteiger partial charge on any atom is -0.478 e. The summed E-state index contributed by atoms with van der Waals surface area (Å²) < 4.78 is 13.7. The summed E-state index contributed by atoms with van der Waals surface area (Å²) in [5, 5.41) is 15.6. The molecule has 94 valence electrons. The van der Waals surface area contributed by atoms with E-state index in [4.69, 9.17) is 5.11 Å². The molecule has 0 atom stereocenters. The number of pyridine rings is 1. The van der Waals surface area contributed by atoms with Gasteiger partial charge in [0.25, 0.3) is 0 Å². The summed E-state index contributed by atoms with van der Waals surface area (Å²) in [5.74, 6) is -2.18. The number of carboxylic acid groups (broad SMARTS) is 1. The number of hydrogen-bond acceptors (Lipinski definition) is 4. The summed E-state index contributed by atoms with van der Waals surface area (Å²) in [4.78, 5) is 14.6. The maximum absolute atomic E-state index is 13.7. The summed E-state index contributed by atoms with van der Waals surface area (Å²) in [7, 11) is 0. The van der Waals surface area contributed by atoms with Crippen LogP contribution in [-0.2, 0) is 6.54 Å². The van der Waals surface area contributed by atoms with Crippen molar-refractivity contribution >= 4 is 23.1 Å². The van der Waals surface area contributed by atoms with Gasteiger partial charge in [-0.3, -0.25) is 0 Å². The summed E-state index contributed by atoms with van der Waals surface area (Å²) in [5.41, 5.74) is 1.78. The Morgan fingerprint density at radius 1 is 1.56 bits per heavy atom. The zero-order chi connectivity index (χ0) is 13.1. The largest absolute Gasteiger partial charge is 0.478 e. The molecule has 0 spiro atoms. The third kappa shape index (κ3) is 2.48. The van der Waals surface area contributed by atoms with Crippen molar-refractivity contribution in [2.45, 2.75) is 13.5 Å². The summed E-state index contributed by atoms with van der Waals surface area (Å²) in [6.07, 6.45) is 1.27. The first-order valence-corrected chi connectivity index (χ1v) is 6.17. The molecule has 0 saturated carbocycles. The fourth-order valence-electron chi connectivity index (χ4n) is 1.48. The molecule has 0 unspecified atom stereocenters. The molecule has 2 aromatic heterocycles. The Labute approximate surface area is 107 Å². The Bertz CT molecular complexity index is 583. The van der Waals surface area contributed by atoms with Crippen LogP contribution in [0.15, 0.2) is 23.0 Å². The predicted octanol–water partition coefficient (Wildman–Crippen LogP) is 2.90. The van der Waals surface area contributed by atoms with E-state index in [0.29, 0.717) is 6.54 Å². The number of carbonyl (C=O) groups is 1. The van der Waals surface area contributed by atoms with Gasteiger partial charge in [0.15, 0.2) is 11.6 Å². The minimum atomic E-state index is -1.30. The molecule has 0 bridgehead atoms. The van der Waals surface area contributed by atoms with Gasteiger partial charge in [-0.15, -0.1) is 0 Å². The number of nitrogens with one attached hydrogen (secondary N) is 1. The fraction of sp³-hybridized carbons (Fsp3) is 0.167. The van der Waals surface area contributed by atoms with Gasteiger partial charge < -0.3 is 10.4 Å². The standard InChI is InChI=1S/C12H11FN2O2S/c1-7-5-18-6-8(7)4-15-11-10(13)9(12(16)17)2-3-14-11/h2-3,5-6H,4H2,1H3,(H,14,15)(H,16,17). The van der Waals surface area contributed by atoms with Gasteiger partial charge in [-0.05, 0) is 34.9 Å². The van der Waals surface area contributed by atoms with E-state index < -0.39 is 11.8 Å². The number of hydrogen-bond donors (Lipinski definition) is 2. The molecule has 6 heteroatoms. The summed E-state index contributed by atoms with van der Waals surface area (Å²) in [6.45, 7) is 2.38. The topological polar surface area (TPSA) is 62.2 Å². The molecule has 0 aliphatic carbocycles. The van der Waals surface area contributed by atoms with Crippen LogP contribution in [0, 0.1) is 12.7 Å². The number of rotatable bonds is 4. The van der Waals surface area contributed by atoms with Crippen LogP contribution in [0.3, 0.4) is 0 Å². The lowest BCUT2D eigenvalue weighted by molar-refractivity contribution is 0.0692. The van der Waals surface area contributed by atoms with Gasteiger partial charge in [-0.25, -0.2) is 14.2 Å². The lowest BCUT2D eigenvalue weighted by Gasteiger charge is -2.07. The molecule has 2 N–H and O–H groups in total. The number of carboxylic acids is 1. The second-order valence-corrected chi connectivity index (χ2v) is 4.50. The SMILES string of the molecule is Cc1cscc1CNc1nccc(C(=O)O)c1F. The van der Waals surface area contributed by atoms with Crippen LogP contribution in [0.5, 0.6) is 0 Å². The molecule has 0 saturated heterocycles. The molecule has 0 aliphatic rings. The van der Waals surface area contributed by atoms with E-state index >= 15 is 0 Å². The molecule has 0 fully saturated rings. The molecule has 2 rings (SSSR count). The molecule has 0 radical (unpaired) electrons. The van der Waals surface area contributed by atoms with Crippen molar-refractivity contribution < 1.29 is 14.3 Å². The lowest BCUT2D eigenvalue weighted by atomic mass is 10.2. The monoisotopic (exact) mass is 266 g/mol. The highest BCUT2D eigenvalue weighted by molar-refractivity contribution is 7.08. The van der Waals surface area contributed by atoms with Crippen molar-refractivity contribution in [3.63, 3.8) is 0 Å². The average molecular weight is 266 g/mol. The number of aromatic nitrogens is 1. The Morgan fingerprint density at radius 2 is 2.33 bits per heavy atom. The third-order valence-electron chi connectivity index (χ3n) is 2.53. The zero-order valence-corrected chi connectivity index (χ0v) is 10.4. The number of nitrogens with zero attached hydrogens (tertiary/aromatic N) is 1. The number of anilines is 1. The maximum atomic E-state index is 13.7. The van der Waals surface area contributed by atoms with Crippen molar-refractivity contribution in [1.82, 2.24) is 4.98 Å². The fourth-order valence-corrected chi connectivity index (χ4v) is 2.34. The van der Waals surface area contributed by atoms with Crippen LogP contribution in [0.4, 0.5) is 10.2 Å². The third-order valence-corrected chi connectivity index (χ3v) is 3.44. The van der Waals surface area contributed by atoms with Gasteiger partial charge in [0.05, 0.1) is 0 Å². The normalized spacial score (nSPS) is 10.3. The highest BCUT2D eigenvalue weighted by Crippen LogP contribution is 2.18. The number of halogens is 1. The zero-order valence-electron chi connectivity index (χ0n) is 9.61. The van der Waals surface area contributed by atoms with Crippen molar-refractivity contribution in [2.24, 2.45) is 0 Å². The highest BCUT2D eigenvalue weighted by atomic mass is 32.1. The molecule has 18 heavy (non-hydrogen) atoms. The Hall–Kier alpha value is -1.95. The number of aromatic carboxylic acids is 1. The highest BCUT2D eigenvalue weighted by Gasteiger charge is 2.14. The van der Waals surface area contributed by atoms with E-state index in [9.17, 15) is 9.18 Å². The van der Waals surface area contributed by atoms with Crippen LogP contribution >= 0.6 is 11.3 Å². The van der Waals surface area contributed by atoms with Gasteiger partial charge in [-0.1, -0.05) is 0 Å². The maximum Gasteiger partial charge on any atom is 0.338 e. The Kier molecular flexibility index (Phi) is 3.57. The second kappa shape index (κ2) is 5.14. The summed E-state index contributed by atoms with van der Waals surface area (Å²) in [6, 6.07) is 1.14. The Morgan fingerprint density at radius 3 is 2.94 bits per heavy atom. The Balaban J connectivity index is 2.17. The van der Waals surface area contributed by atoms with Crippen molar-refractivity contribution in [2.75, 3.05) is 5.32 Å². The van der Waals surface area contributed by atoms with E-state index in [2.05, 4.69) is 10.3 Å². The van der Waals surface area contributed by atoms with E-state index in [1.54, 1.807) is 11.3 Å². The average Bonchev–Trinajstić information content (AvgIpc) is 2.73. The molecule has 0 aliphatic heterocycles. The van der Waals surface area contributed by atoms with Gasteiger partial charge in [-0.2, -0.15) is 11.3 Å². The van der Waals surface area contributed by atoms with Gasteiger partial charge in [0.1, 0.15) is 5.56 Å². The second-order valence-electron chi connectivity index (χ2n) is 3.76. The first kappa shape index (κ1) is 12.5. The van der Waals surface area contributed by atoms with Crippen LogP contribution in [0.1, 0.15) is 21.5 Å². The van der Waals surface area contributed by atoms with Crippen molar-refractivity contribution in [3.8, 4) is 0 Å². The smallest absolute Gasteiger partial charge is 0.338 e. The predicted molar refractivity (Wildman–Crippen MR) is 67.5 cm³/mol. The first-order valence-electron chi connectivity index (χ1n) is 5.23. The van der Waals surface area contributed by atoms with E-state index in [1.165, 1.54) is 6.20 Å². The van der Waals surface area contributed by atoms with Crippen LogP contribution < -0.4 is 5.32 Å². The van der Waals surface area contributed by atoms with Gasteiger partial charge in [0.2, 0.25) is 0 Å². The number of aryl methyl sites for hydroxylation is 1. The molecule has 2 aromatic rings. The van der Waals surface area contributed by atoms with Crippen LogP contribution in [-0.4, -0.2) is 16.1 Å². The summed E-state index contributed by atoms with van der Waals surface area (Å²) >= 11 is 1.57.